The highest BCUT2D eigenvalue weighted by molar-refractivity contribution is 7.19. The van der Waals surface area contributed by atoms with Gasteiger partial charge in [0.05, 0.1) is 10.2 Å². The summed E-state index contributed by atoms with van der Waals surface area (Å²) in [4.78, 5) is 10.1. The van der Waals surface area contributed by atoms with Crippen molar-refractivity contribution in [3.8, 4) is 0 Å². The average molecular weight is 363 g/mol. The molecule has 0 radical (unpaired) electrons. The van der Waals surface area contributed by atoms with Gasteiger partial charge in [0, 0.05) is 17.5 Å². The Hall–Kier alpha value is -1.43. The summed E-state index contributed by atoms with van der Waals surface area (Å²) in [6, 6.07) is 0.124. The molecule has 3 N–H and O–H groups in total. The van der Waals surface area contributed by atoms with Gasteiger partial charge in [-0.05, 0) is 57.2 Å². The Labute approximate surface area is 151 Å². The second kappa shape index (κ2) is 7.21. The lowest BCUT2D eigenvalue weighted by Gasteiger charge is -2.13. The summed E-state index contributed by atoms with van der Waals surface area (Å²) in [6.07, 6.45) is 7.46. The molecule has 0 fully saturated rings. The first-order chi connectivity index (χ1) is 11.4. The van der Waals surface area contributed by atoms with Crippen molar-refractivity contribution < 1.29 is 0 Å². The van der Waals surface area contributed by atoms with Gasteiger partial charge in [-0.1, -0.05) is 23.3 Å². The number of allylic oxidation sites excluding steroid dienone is 3. The molecule has 1 aliphatic carbocycles. The van der Waals surface area contributed by atoms with E-state index < -0.39 is 0 Å². The van der Waals surface area contributed by atoms with Crippen LogP contribution < -0.4 is 11.1 Å². The summed E-state index contributed by atoms with van der Waals surface area (Å²) in [5.41, 5.74) is 10.9. The van der Waals surface area contributed by atoms with Gasteiger partial charge in [-0.15, -0.1) is 11.3 Å². The summed E-state index contributed by atoms with van der Waals surface area (Å²) in [5.74, 6) is 0.821. The topological polar surface area (TPSA) is 63.8 Å². The molecule has 6 heteroatoms. The van der Waals surface area contributed by atoms with Crippen LogP contribution in [0.15, 0.2) is 23.3 Å². The van der Waals surface area contributed by atoms with Gasteiger partial charge in [0.15, 0.2) is 0 Å². The van der Waals surface area contributed by atoms with E-state index in [1.165, 1.54) is 16.0 Å². The SMILES string of the molecule is CC1=CC=C(CNc2nc(Cl)nc3c(C)c(C[C@H](C)N)sc23)CC1. The van der Waals surface area contributed by atoms with Gasteiger partial charge >= 0.3 is 0 Å². The lowest BCUT2D eigenvalue weighted by atomic mass is 10.00. The molecule has 24 heavy (non-hydrogen) atoms. The quantitative estimate of drug-likeness (QED) is 0.761. The Bertz CT molecular complexity index is 820. The number of hydrogen-bond donors (Lipinski definition) is 2. The Morgan fingerprint density at radius 1 is 1.29 bits per heavy atom. The second-order valence-corrected chi connectivity index (χ2v) is 7.99. The number of nitrogens with one attached hydrogen (secondary N) is 1. The van der Waals surface area contributed by atoms with Gasteiger partial charge < -0.3 is 11.1 Å². The number of nitrogens with two attached hydrogens (primary N) is 1. The number of aryl methyl sites for hydroxylation is 1. The van der Waals surface area contributed by atoms with Gasteiger partial charge in [0.1, 0.15) is 5.82 Å². The molecule has 0 unspecified atom stereocenters. The number of fused-ring (bicyclic) bond motifs is 1. The summed E-state index contributed by atoms with van der Waals surface area (Å²) >= 11 is 7.86. The largest absolute Gasteiger partial charge is 0.365 e. The van der Waals surface area contributed by atoms with Crippen molar-refractivity contribution in [1.82, 2.24) is 9.97 Å². The van der Waals surface area contributed by atoms with Crippen LogP contribution in [0.25, 0.3) is 10.2 Å². The van der Waals surface area contributed by atoms with Crippen LogP contribution in [0.2, 0.25) is 5.28 Å². The normalized spacial score (nSPS) is 16.0. The third-order valence-electron chi connectivity index (χ3n) is 4.27. The zero-order valence-corrected chi connectivity index (χ0v) is 15.9. The van der Waals surface area contributed by atoms with E-state index in [0.29, 0.717) is 0 Å². The van der Waals surface area contributed by atoms with Gasteiger partial charge in [-0.3, -0.25) is 0 Å². The van der Waals surface area contributed by atoms with Crippen molar-refractivity contribution in [1.29, 1.82) is 0 Å². The van der Waals surface area contributed by atoms with E-state index in [9.17, 15) is 0 Å². The van der Waals surface area contributed by atoms with Gasteiger partial charge in [0.25, 0.3) is 0 Å². The van der Waals surface area contributed by atoms with Crippen LogP contribution in [0.3, 0.4) is 0 Å². The van der Waals surface area contributed by atoms with E-state index in [4.69, 9.17) is 17.3 Å². The number of anilines is 1. The van der Waals surface area contributed by atoms with Crippen LogP contribution in [-0.4, -0.2) is 22.6 Å². The zero-order chi connectivity index (χ0) is 17.3. The minimum atomic E-state index is 0.124. The van der Waals surface area contributed by atoms with Crippen molar-refractivity contribution in [2.24, 2.45) is 5.73 Å². The molecule has 1 aliphatic rings. The molecule has 4 nitrogen and oxygen atoms in total. The molecule has 3 rings (SSSR count). The Morgan fingerprint density at radius 2 is 2.08 bits per heavy atom. The fourth-order valence-corrected chi connectivity index (χ4v) is 4.36. The van der Waals surface area contributed by atoms with Crippen molar-refractivity contribution >= 4 is 39.0 Å². The smallest absolute Gasteiger partial charge is 0.224 e. The van der Waals surface area contributed by atoms with E-state index in [1.54, 1.807) is 11.3 Å². The Morgan fingerprint density at radius 3 is 2.75 bits per heavy atom. The van der Waals surface area contributed by atoms with E-state index in [1.807, 2.05) is 6.92 Å². The molecule has 0 aromatic carbocycles. The first kappa shape index (κ1) is 17.4. The third kappa shape index (κ3) is 3.79. The average Bonchev–Trinajstić information content (AvgIpc) is 2.83. The molecule has 2 aromatic rings. The highest BCUT2D eigenvalue weighted by atomic mass is 35.5. The first-order valence-electron chi connectivity index (χ1n) is 8.24. The maximum atomic E-state index is 6.15. The molecule has 0 bridgehead atoms. The molecular formula is C18H23ClN4S. The van der Waals surface area contributed by atoms with Crippen LogP contribution in [0.5, 0.6) is 0 Å². The molecular weight excluding hydrogens is 340 g/mol. The maximum absolute atomic E-state index is 6.15. The highest BCUT2D eigenvalue weighted by Crippen LogP contribution is 2.35. The molecule has 128 valence electrons. The van der Waals surface area contributed by atoms with E-state index in [-0.39, 0.29) is 11.3 Å². The highest BCUT2D eigenvalue weighted by Gasteiger charge is 2.16. The number of aromatic nitrogens is 2. The van der Waals surface area contributed by atoms with Gasteiger partial charge in [-0.2, -0.15) is 4.98 Å². The number of hydrogen-bond acceptors (Lipinski definition) is 5. The van der Waals surface area contributed by atoms with Gasteiger partial charge in [0.2, 0.25) is 5.28 Å². The molecule has 0 aliphatic heterocycles. The summed E-state index contributed by atoms with van der Waals surface area (Å²) in [6.45, 7) is 7.06. The van der Waals surface area contributed by atoms with Crippen LogP contribution in [0, 0.1) is 6.92 Å². The van der Waals surface area contributed by atoms with Crippen LogP contribution in [-0.2, 0) is 6.42 Å². The van der Waals surface area contributed by atoms with E-state index in [2.05, 4.69) is 41.3 Å². The first-order valence-corrected chi connectivity index (χ1v) is 9.43. The summed E-state index contributed by atoms with van der Waals surface area (Å²) in [7, 11) is 0. The minimum absolute atomic E-state index is 0.124. The van der Waals surface area contributed by atoms with Crippen molar-refractivity contribution in [3.63, 3.8) is 0 Å². The van der Waals surface area contributed by atoms with Crippen molar-refractivity contribution in [3.05, 3.63) is 39.0 Å². The molecule has 0 spiro atoms. The Kier molecular flexibility index (Phi) is 5.23. The Balaban J connectivity index is 1.89. The third-order valence-corrected chi connectivity index (χ3v) is 5.75. The van der Waals surface area contributed by atoms with E-state index in [0.717, 1.165) is 47.4 Å². The number of nitrogens with zero attached hydrogens (tertiary/aromatic N) is 2. The molecule has 0 amide bonds. The molecule has 2 heterocycles. The fraction of sp³-hybridized carbons (Fsp3) is 0.444. The van der Waals surface area contributed by atoms with Crippen molar-refractivity contribution in [2.75, 3.05) is 11.9 Å². The standard InChI is InChI=1S/C18H23ClN4S/c1-10-4-6-13(7-5-10)9-21-17-16-15(22-18(19)23-17)12(3)14(24-16)8-11(2)20/h4,6,11H,5,7-9,20H2,1-3H3,(H,21,22,23)/t11-/m0/s1. The summed E-state index contributed by atoms with van der Waals surface area (Å²) < 4.78 is 1.07. The lowest BCUT2D eigenvalue weighted by Crippen LogP contribution is -2.17. The minimum Gasteiger partial charge on any atom is -0.365 e. The number of rotatable bonds is 5. The van der Waals surface area contributed by atoms with Gasteiger partial charge in [-0.25, -0.2) is 4.98 Å². The maximum Gasteiger partial charge on any atom is 0.224 e. The lowest BCUT2D eigenvalue weighted by molar-refractivity contribution is 0.744. The summed E-state index contributed by atoms with van der Waals surface area (Å²) in [5, 5.41) is 3.74. The molecule has 0 saturated heterocycles. The van der Waals surface area contributed by atoms with Crippen molar-refractivity contribution in [2.45, 2.75) is 46.1 Å². The zero-order valence-electron chi connectivity index (χ0n) is 14.3. The van der Waals surface area contributed by atoms with Crippen LogP contribution in [0.4, 0.5) is 5.82 Å². The van der Waals surface area contributed by atoms with Crippen LogP contribution >= 0.6 is 22.9 Å². The second-order valence-electron chi connectivity index (χ2n) is 6.54. The predicted octanol–water partition coefficient (Wildman–Crippen LogP) is 4.62. The van der Waals surface area contributed by atoms with Crippen LogP contribution in [0.1, 0.15) is 37.1 Å². The molecule has 2 aromatic heterocycles. The predicted molar refractivity (Wildman–Crippen MR) is 104 cm³/mol. The molecule has 1 atom stereocenters. The number of thiophene rings is 1. The molecule has 0 saturated carbocycles. The fourth-order valence-electron chi connectivity index (χ4n) is 2.84. The van der Waals surface area contributed by atoms with E-state index >= 15 is 0 Å². The number of halogens is 1. The monoisotopic (exact) mass is 362 g/mol.